The first-order valence-corrected chi connectivity index (χ1v) is 9.06. The molecule has 0 unspecified atom stereocenters. The summed E-state index contributed by atoms with van der Waals surface area (Å²) in [5.74, 6) is 0. The summed E-state index contributed by atoms with van der Waals surface area (Å²) in [7, 11) is 0. The number of aromatic amines is 1. The van der Waals surface area contributed by atoms with Crippen LogP contribution in [0.25, 0.3) is 0 Å². The van der Waals surface area contributed by atoms with E-state index in [1.54, 1.807) is 0 Å². The first-order chi connectivity index (χ1) is 9.79. The molecule has 5 heteroatoms. The predicted octanol–water partition coefficient (Wildman–Crippen LogP) is 3.54. The molecule has 20 heavy (non-hydrogen) atoms. The lowest BCUT2D eigenvalue weighted by atomic mass is 9.92. The van der Waals surface area contributed by atoms with Crippen LogP contribution in [0.15, 0.2) is 21.9 Å². The van der Waals surface area contributed by atoms with Crippen LogP contribution in [0, 0.1) is 0 Å². The molecule has 2 aromatic rings. The normalized spacial score (nSPS) is 28.9. The standard InChI is InChI=1S/C15H19N3S2/c1-9-6-14(12-4-5-19-15(12)20-9)17-11-2-3-13-10(7-11)8-16-18-13/h4-5,8-9,11,14,17H,2-3,6-7H2,1H3,(H,16,18)/t9-,11-,14+/m0/s1. The number of hydrogen-bond acceptors (Lipinski definition) is 4. The third-order valence-corrected chi connectivity index (χ3v) is 6.71. The Bertz CT molecular complexity index is 604. The minimum atomic E-state index is 0.533. The molecule has 0 spiro atoms. The fourth-order valence-corrected chi connectivity index (χ4v) is 5.92. The van der Waals surface area contributed by atoms with Crippen molar-refractivity contribution >= 4 is 23.1 Å². The van der Waals surface area contributed by atoms with Crippen LogP contribution in [-0.4, -0.2) is 21.5 Å². The molecule has 0 radical (unpaired) electrons. The molecule has 3 nitrogen and oxygen atoms in total. The first kappa shape index (κ1) is 12.9. The maximum absolute atomic E-state index is 4.17. The van der Waals surface area contributed by atoms with Gasteiger partial charge in [0.1, 0.15) is 0 Å². The van der Waals surface area contributed by atoms with E-state index in [1.165, 1.54) is 33.9 Å². The monoisotopic (exact) mass is 305 g/mol. The highest BCUT2D eigenvalue weighted by molar-refractivity contribution is 8.01. The molecule has 0 amide bonds. The molecule has 0 fully saturated rings. The van der Waals surface area contributed by atoms with Crippen LogP contribution in [0.3, 0.4) is 0 Å². The maximum atomic E-state index is 4.17. The van der Waals surface area contributed by atoms with E-state index in [-0.39, 0.29) is 0 Å². The van der Waals surface area contributed by atoms with Crippen molar-refractivity contribution in [2.75, 3.05) is 0 Å². The Kier molecular flexibility index (Phi) is 3.36. The number of H-pyrrole nitrogens is 1. The molecule has 1 aliphatic carbocycles. The van der Waals surface area contributed by atoms with Gasteiger partial charge in [0.25, 0.3) is 0 Å². The summed E-state index contributed by atoms with van der Waals surface area (Å²) in [6.45, 7) is 2.34. The average molecular weight is 305 g/mol. The van der Waals surface area contributed by atoms with Crippen LogP contribution in [0.1, 0.15) is 42.6 Å². The molecule has 2 aromatic heterocycles. The number of nitrogens with zero attached hydrogens (tertiary/aromatic N) is 1. The molecule has 2 N–H and O–H groups in total. The highest BCUT2D eigenvalue weighted by Gasteiger charge is 2.29. The second kappa shape index (κ2) is 5.20. The van der Waals surface area contributed by atoms with Gasteiger partial charge in [-0.15, -0.1) is 23.1 Å². The number of fused-ring (bicyclic) bond motifs is 2. The maximum Gasteiger partial charge on any atom is 0.0649 e. The van der Waals surface area contributed by atoms with Gasteiger partial charge in [-0.2, -0.15) is 5.10 Å². The smallest absolute Gasteiger partial charge is 0.0649 e. The van der Waals surface area contributed by atoms with Crippen molar-refractivity contribution in [3.63, 3.8) is 0 Å². The zero-order chi connectivity index (χ0) is 13.5. The second-order valence-electron chi connectivity index (χ2n) is 5.86. The lowest BCUT2D eigenvalue weighted by Gasteiger charge is -2.32. The number of aromatic nitrogens is 2. The van der Waals surface area contributed by atoms with Crippen LogP contribution in [0.2, 0.25) is 0 Å². The number of rotatable bonds is 2. The molecule has 4 rings (SSSR count). The minimum Gasteiger partial charge on any atom is -0.307 e. The van der Waals surface area contributed by atoms with Crippen molar-refractivity contribution in [2.24, 2.45) is 0 Å². The fraction of sp³-hybridized carbons (Fsp3) is 0.533. The quantitative estimate of drug-likeness (QED) is 0.891. The first-order valence-electron chi connectivity index (χ1n) is 7.31. The summed E-state index contributed by atoms with van der Waals surface area (Å²) in [5, 5.41) is 14.2. The summed E-state index contributed by atoms with van der Waals surface area (Å²) in [6.07, 6.45) is 6.69. The van der Waals surface area contributed by atoms with E-state index in [9.17, 15) is 0 Å². The van der Waals surface area contributed by atoms with Crippen LogP contribution in [0.4, 0.5) is 0 Å². The number of thiophene rings is 1. The van der Waals surface area contributed by atoms with Crippen molar-refractivity contribution in [3.05, 3.63) is 34.5 Å². The molecule has 0 bridgehead atoms. The largest absolute Gasteiger partial charge is 0.307 e. The van der Waals surface area contributed by atoms with E-state index in [4.69, 9.17) is 0 Å². The van der Waals surface area contributed by atoms with E-state index >= 15 is 0 Å². The lowest BCUT2D eigenvalue weighted by Crippen LogP contribution is -2.38. The van der Waals surface area contributed by atoms with E-state index in [1.807, 2.05) is 29.3 Å². The van der Waals surface area contributed by atoms with Crippen LogP contribution in [0.5, 0.6) is 0 Å². The molecule has 0 saturated carbocycles. The van der Waals surface area contributed by atoms with Crippen LogP contribution < -0.4 is 5.32 Å². The van der Waals surface area contributed by atoms with Crippen molar-refractivity contribution in [3.8, 4) is 0 Å². The number of hydrogen-bond donors (Lipinski definition) is 2. The summed E-state index contributed by atoms with van der Waals surface area (Å²) in [5.41, 5.74) is 4.26. The molecule has 0 saturated heterocycles. The zero-order valence-corrected chi connectivity index (χ0v) is 13.2. The van der Waals surface area contributed by atoms with Gasteiger partial charge in [0.2, 0.25) is 0 Å². The van der Waals surface area contributed by atoms with Gasteiger partial charge in [-0.05, 0) is 48.3 Å². The van der Waals surface area contributed by atoms with Gasteiger partial charge >= 0.3 is 0 Å². The zero-order valence-electron chi connectivity index (χ0n) is 11.6. The van der Waals surface area contributed by atoms with Gasteiger partial charge in [0, 0.05) is 23.0 Å². The van der Waals surface area contributed by atoms with Gasteiger partial charge in [0.15, 0.2) is 0 Å². The van der Waals surface area contributed by atoms with Crippen LogP contribution in [-0.2, 0) is 12.8 Å². The number of aryl methyl sites for hydroxylation is 1. The van der Waals surface area contributed by atoms with E-state index < -0.39 is 0 Å². The molecule has 106 valence electrons. The molecule has 2 aliphatic rings. The molecule has 1 aliphatic heterocycles. The SMILES string of the molecule is C[C@H]1C[C@@H](N[C@H]2CCc3[nH]ncc3C2)c2ccsc2S1. The minimum absolute atomic E-state index is 0.533. The molecule has 0 aromatic carbocycles. The second-order valence-corrected chi connectivity index (χ2v) is 8.48. The topological polar surface area (TPSA) is 40.7 Å². The average Bonchev–Trinajstić information content (AvgIpc) is 3.05. The highest BCUT2D eigenvalue weighted by Crippen LogP contribution is 2.44. The lowest BCUT2D eigenvalue weighted by molar-refractivity contribution is 0.379. The Morgan fingerprint density at radius 3 is 3.35 bits per heavy atom. The van der Waals surface area contributed by atoms with E-state index in [2.05, 4.69) is 33.9 Å². The third kappa shape index (κ3) is 2.32. The van der Waals surface area contributed by atoms with Crippen LogP contribution >= 0.6 is 23.1 Å². The van der Waals surface area contributed by atoms with Gasteiger partial charge in [0.05, 0.1) is 10.4 Å². The number of nitrogens with one attached hydrogen (secondary N) is 2. The Hall–Kier alpha value is -0.780. The van der Waals surface area contributed by atoms with Crippen molar-refractivity contribution in [1.82, 2.24) is 15.5 Å². The van der Waals surface area contributed by atoms with Gasteiger partial charge < -0.3 is 5.32 Å². The third-order valence-electron chi connectivity index (χ3n) is 4.36. The Morgan fingerprint density at radius 1 is 1.45 bits per heavy atom. The Balaban J connectivity index is 1.51. The predicted molar refractivity (Wildman–Crippen MR) is 84.5 cm³/mol. The number of thioether (sulfide) groups is 1. The Labute approximate surface area is 127 Å². The van der Waals surface area contributed by atoms with Gasteiger partial charge in [-0.3, -0.25) is 5.10 Å². The van der Waals surface area contributed by atoms with Gasteiger partial charge in [-0.1, -0.05) is 6.92 Å². The van der Waals surface area contributed by atoms with E-state index in [0.717, 1.165) is 12.8 Å². The molecule has 3 atom stereocenters. The molecular formula is C15H19N3S2. The van der Waals surface area contributed by atoms with Crippen molar-refractivity contribution < 1.29 is 0 Å². The van der Waals surface area contributed by atoms with Gasteiger partial charge in [-0.25, -0.2) is 0 Å². The van der Waals surface area contributed by atoms with Crippen molar-refractivity contribution in [1.29, 1.82) is 0 Å². The fourth-order valence-electron chi connectivity index (χ4n) is 3.35. The summed E-state index contributed by atoms with van der Waals surface area (Å²) < 4.78 is 1.51. The molecule has 3 heterocycles. The molecular weight excluding hydrogens is 286 g/mol. The van der Waals surface area contributed by atoms with Crippen molar-refractivity contribution in [2.45, 2.75) is 54.1 Å². The summed E-state index contributed by atoms with van der Waals surface area (Å²) >= 11 is 3.93. The summed E-state index contributed by atoms with van der Waals surface area (Å²) in [6, 6.07) is 3.43. The summed E-state index contributed by atoms with van der Waals surface area (Å²) in [4.78, 5) is 0. The van der Waals surface area contributed by atoms with E-state index in [0.29, 0.717) is 17.3 Å². The Morgan fingerprint density at radius 2 is 2.40 bits per heavy atom. The highest BCUT2D eigenvalue weighted by atomic mass is 32.2.